The smallest absolute Gasteiger partial charge is 0.189 e. The number of anilines is 1. The highest BCUT2D eigenvalue weighted by Gasteiger charge is 2.15. The number of guanidine groups is 1. The molecule has 1 aromatic rings. The van der Waals surface area contributed by atoms with Crippen LogP contribution in [0.5, 0.6) is 0 Å². The molecule has 2 rings (SSSR count). The van der Waals surface area contributed by atoms with Gasteiger partial charge in [-0.15, -0.1) is 0 Å². The van der Waals surface area contributed by atoms with Crippen molar-refractivity contribution in [3.05, 3.63) is 23.9 Å². The number of nitrogens with one attached hydrogen (secondary N) is 1. The van der Waals surface area contributed by atoms with Gasteiger partial charge < -0.3 is 20.9 Å². The highest BCUT2D eigenvalue weighted by atomic mass is 15.3. The lowest BCUT2D eigenvalue weighted by atomic mass is 10.1. The first-order valence-corrected chi connectivity index (χ1v) is 7.80. The molecule has 3 N–H and O–H groups in total. The molecule has 122 valence electrons. The second kappa shape index (κ2) is 6.96. The van der Waals surface area contributed by atoms with Gasteiger partial charge in [0.15, 0.2) is 5.96 Å². The summed E-state index contributed by atoms with van der Waals surface area (Å²) in [5.74, 6) is 1.51. The number of nitrogens with two attached hydrogens (primary N) is 1. The van der Waals surface area contributed by atoms with Crippen molar-refractivity contribution in [3.63, 3.8) is 0 Å². The van der Waals surface area contributed by atoms with Gasteiger partial charge in [0.1, 0.15) is 5.82 Å². The molecule has 6 nitrogen and oxygen atoms in total. The Morgan fingerprint density at radius 2 is 1.95 bits per heavy atom. The fourth-order valence-electron chi connectivity index (χ4n) is 2.33. The molecule has 0 saturated carbocycles. The van der Waals surface area contributed by atoms with Crippen molar-refractivity contribution in [1.82, 2.24) is 15.2 Å². The van der Waals surface area contributed by atoms with E-state index in [1.807, 2.05) is 6.20 Å². The van der Waals surface area contributed by atoms with Crippen LogP contribution in [-0.4, -0.2) is 54.6 Å². The van der Waals surface area contributed by atoms with Crippen LogP contribution in [0.1, 0.15) is 26.3 Å². The minimum atomic E-state index is -0.0723. The third-order valence-corrected chi connectivity index (χ3v) is 3.57. The molecule has 1 aromatic heterocycles. The fourth-order valence-corrected chi connectivity index (χ4v) is 2.33. The van der Waals surface area contributed by atoms with Crippen LogP contribution in [0.3, 0.4) is 0 Å². The number of piperazine rings is 1. The minimum Gasteiger partial charge on any atom is -0.370 e. The Bertz CT molecular complexity index is 494. The Hall–Kier alpha value is -1.82. The number of aliphatic imine (C=N–C) groups is 1. The van der Waals surface area contributed by atoms with Gasteiger partial charge in [-0.1, -0.05) is 6.07 Å². The van der Waals surface area contributed by atoms with Crippen LogP contribution in [-0.2, 0) is 6.54 Å². The van der Waals surface area contributed by atoms with E-state index < -0.39 is 0 Å². The van der Waals surface area contributed by atoms with Gasteiger partial charge in [0.2, 0.25) is 0 Å². The summed E-state index contributed by atoms with van der Waals surface area (Å²) in [6.45, 7) is 11.0. The highest BCUT2D eigenvalue weighted by molar-refractivity contribution is 5.78. The van der Waals surface area contributed by atoms with Crippen molar-refractivity contribution in [3.8, 4) is 0 Å². The summed E-state index contributed by atoms with van der Waals surface area (Å²) < 4.78 is 0. The molecule has 2 heterocycles. The summed E-state index contributed by atoms with van der Waals surface area (Å²) >= 11 is 0. The Morgan fingerprint density at radius 3 is 2.50 bits per heavy atom. The van der Waals surface area contributed by atoms with E-state index in [-0.39, 0.29) is 5.54 Å². The molecule has 0 radical (unpaired) electrons. The number of aromatic nitrogens is 1. The van der Waals surface area contributed by atoms with E-state index in [4.69, 9.17) is 5.73 Å². The first kappa shape index (κ1) is 16.5. The summed E-state index contributed by atoms with van der Waals surface area (Å²) in [6.07, 6.45) is 1.89. The van der Waals surface area contributed by atoms with Crippen LogP contribution in [0, 0.1) is 0 Å². The van der Waals surface area contributed by atoms with Crippen LogP contribution in [0.25, 0.3) is 0 Å². The third-order valence-electron chi connectivity index (χ3n) is 3.57. The van der Waals surface area contributed by atoms with E-state index in [1.165, 1.54) is 0 Å². The number of hydrogen-bond acceptors (Lipinski definition) is 4. The van der Waals surface area contributed by atoms with Crippen LogP contribution in [0.15, 0.2) is 23.3 Å². The Kier molecular flexibility index (Phi) is 5.24. The summed E-state index contributed by atoms with van der Waals surface area (Å²) in [5, 5.41) is 3.15. The molecular formula is C16H28N6. The highest BCUT2D eigenvalue weighted by Crippen LogP contribution is 2.14. The van der Waals surface area contributed by atoms with Gasteiger partial charge in [0.05, 0.1) is 6.54 Å². The minimum absolute atomic E-state index is 0.0723. The van der Waals surface area contributed by atoms with Crippen LogP contribution in [0.4, 0.5) is 5.82 Å². The van der Waals surface area contributed by atoms with Crippen molar-refractivity contribution in [1.29, 1.82) is 0 Å². The van der Waals surface area contributed by atoms with Crippen molar-refractivity contribution in [2.75, 3.05) is 38.1 Å². The molecule has 1 aliphatic rings. The zero-order valence-electron chi connectivity index (χ0n) is 14.1. The lowest BCUT2D eigenvalue weighted by molar-refractivity contribution is 0.312. The molecule has 0 unspecified atom stereocenters. The van der Waals surface area contributed by atoms with Crippen molar-refractivity contribution in [2.45, 2.75) is 32.9 Å². The Labute approximate surface area is 133 Å². The number of nitrogens with zero attached hydrogens (tertiary/aromatic N) is 4. The van der Waals surface area contributed by atoms with Gasteiger partial charge in [-0.3, -0.25) is 0 Å². The standard InChI is InChI=1S/C16H28N6/c1-16(2,3)20-15(17)19-12-13-5-6-14(18-11-13)22-9-7-21(4)8-10-22/h5-6,11H,7-10,12H2,1-4H3,(H3,17,19,20). The topological polar surface area (TPSA) is 69.8 Å². The SMILES string of the molecule is CN1CCN(c2ccc(CN=C(N)NC(C)(C)C)cn2)CC1. The predicted molar refractivity (Wildman–Crippen MR) is 92.2 cm³/mol. The van der Waals surface area contributed by atoms with Gasteiger partial charge in [0.25, 0.3) is 0 Å². The lowest BCUT2D eigenvalue weighted by Crippen LogP contribution is -2.45. The molecule has 0 aromatic carbocycles. The van der Waals surface area contributed by atoms with Crippen molar-refractivity contribution < 1.29 is 0 Å². The number of pyridine rings is 1. The maximum Gasteiger partial charge on any atom is 0.189 e. The van der Waals surface area contributed by atoms with Gasteiger partial charge >= 0.3 is 0 Å². The van der Waals surface area contributed by atoms with Crippen LogP contribution in [0.2, 0.25) is 0 Å². The average Bonchev–Trinajstić information content (AvgIpc) is 2.45. The van der Waals surface area contributed by atoms with Gasteiger partial charge in [-0.25, -0.2) is 9.98 Å². The van der Waals surface area contributed by atoms with Gasteiger partial charge in [-0.05, 0) is 39.4 Å². The second-order valence-electron chi connectivity index (χ2n) is 6.89. The summed E-state index contributed by atoms with van der Waals surface area (Å²) in [5.41, 5.74) is 6.87. The van der Waals surface area contributed by atoms with Crippen LogP contribution >= 0.6 is 0 Å². The molecule has 1 aliphatic heterocycles. The van der Waals surface area contributed by atoms with E-state index in [0.717, 1.165) is 37.6 Å². The summed E-state index contributed by atoms with van der Waals surface area (Å²) in [6, 6.07) is 4.15. The molecule has 0 spiro atoms. The quantitative estimate of drug-likeness (QED) is 0.645. The molecule has 6 heteroatoms. The molecular weight excluding hydrogens is 276 g/mol. The number of hydrogen-bond donors (Lipinski definition) is 2. The number of rotatable bonds is 3. The summed E-state index contributed by atoms with van der Waals surface area (Å²) in [4.78, 5) is 13.6. The number of likely N-dealkylation sites (N-methyl/N-ethyl adjacent to an activating group) is 1. The van der Waals surface area contributed by atoms with Crippen molar-refractivity contribution in [2.24, 2.45) is 10.7 Å². The average molecular weight is 304 g/mol. The first-order chi connectivity index (χ1) is 10.3. The molecule has 1 fully saturated rings. The van der Waals surface area contributed by atoms with E-state index in [9.17, 15) is 0 Å². The molecule has 1 saturated heterocycles. The largest absolute Gasteiger partial charge is 0.370 e. The monoisotopic (exact) mass is 304 g/mol. The van der Waals surface area contributed by atoms with Crippen LogP contribution < -0.4 is 16.0 Å². The summed E-state index contributed by atoms with van der Waals surface area (Å²) in [7, 11) is 2.15. The van der Waals surface area contributed by atoms with E-state index in [2.05, 4.69) is 65.0 Å². The van der Waals surface area contributed by atoms with E-state index in [0.29, 0.717) is 12.5 Å². The molecule has 0 bridgehead atoms. The maximum atomic E-state index is 5.87. The molecule has 22 heavy (non-hydrogen) atoms. The van der Waals surface area contributed by atoms with Crippen molar-refractivity contribution >= 4 is 11.8 Å². The van der Waals surface area contributed by atoms with Gasteiger partial charge in [0, 0.05) is 37.9 Å². The molecule has 0 aliphatic carbocycles. The Balaban J connectivity index is 1.90. The first-order valence-electron chi connectivity index (χ1n) is 7.80. The maximum absolute atomic E-state index is 5.87. The Morgan fingerprint density at radius 1 is 1.27 bits per heavy atom. The van der Waals surface area contributed by atoms with E-state index >= 15 is 0 Å². The normalized spacial score (nSPS) is 17.6. The zero-order chi connectivity index (χ0) is 16.2. The fraction of sp³-hybridized carbons (Fsp3) is 0.625. The van der Waals surface area contributed by atoms with E-state index in [1.54, 1.807) is 0 Å². The van der Waals surface area contributed by atoms with Gasteiger partial charge in [-0.2, -0.15) is 0 Å². The predicted octanol–water partition coefficient (Wildman–Crippen LogP) is 1.04. The molecule has 0 amide bonds. The lowest BCUT2D eigenvalue weighted by Gasteiger charge is -2.33. The molecule has 0 atom stereocenters. The third kappa shape index (κ3) is 5.18. The zero-order valence-corrected chi connectivity index (χ0v) is 14.1. The second-order valence-corrected chi connectivity index (χ2v) is 6.89.